The lowest BCUT2D eigenvalue weighted by molar-refractivity contribution is -0.167. The third-order valence-electron chi connectivity index (χ3n) is 13.3. The van der Waals surface area contributed by atoms with Crippen molar-refractivity contribution in [2.75, 3.05) is 13.2 Å². The van der Waals surface area contributed by atoms with Gasteiger partial charge in [-0.05, 0) is 103 Å². The fourth-order valence-electron chi connectivity index (χ4n) is 8.65. The van der Waals surface area contributed by atoms with Gasteiger partial charge in [-0.3, -0.25) is 14.4 Å². The Balaban J connectivity index is 4.18. The minimum atomic E-state index is -0.779. The molecule has 1 atom stereocenters. The number of unbranched alkanes of at least 4 members (excludes halogenated alkanes) is 29. The van der Waals surface area contributed by atoms with E-state index in [2.05, 4.69) is 118 Å². The highest BCUT2D eigenvalue weighted by atomic mass is 16.6. The summed E-state index contributed by atoms with van der Waals surface area (Å²) in [6.45, 7) is 6.48. The summed E-state index contributed by atoms with van der Waals surface area (Å²) in [6, 6.07) is 0. The van der Waals surface area contributed by atoms with Gasteiger partial charge in [-0.1, -0.05) is 272 Å². The zero-order chi connectivity index (χ0) is 53.6. The number of allylic oxidation sites excluding steroid dienone is 16. The van der Waals surface area contributed by atoms with Crippen LogP contribution in [-0.2, 0) is 28.6 Å². The van der Waals surface area contributed by atoms with Crippen molar-refractivity contribution in [3.8, 4) is 0 Å². The molecule has 0 rings (SSSR count). The fraction of sp³-hybridized carbons (Fsp3) is 0.721. The van der Waals surface area contributed by atoms with Gasteiger partial charge in [-0.2, -0.15) is 0 Å². The van der Waals surface area contributed by atoms with Gasteiger partial charge in [0.05, 0.1) is 0 Å². The van der Waals surface area contributed by atoms with Gasteiger partial charge in [0, 0.05) is 19.3 Å². The summed E-state index contributed by atoms with van der Waals surface area (Å²) in [7, 11) is 0. The van der Waals surface area contributed by atoms with Crippen LogP contribution in [0.2, 0.25) is 0 Å². The predicted octanol–water partition coefficient (Wildman–Crippen LogP) is 21.3. The molecule has 6 heteroatoms. The molecule has 6 nitrogen and oxygen atoms in total. The summed E-state index contributed by atoms with van der Waals surface area (Å²) < 4.78 is 16.8. The van der Waals surface area contributed by atoms with Crippen molar-refractivity contribution in [3.05, 3.63) is 97.2 Å². The van der Waals surface area contributed by atoms with E-state index in [1.807, 2.05) is 0 Å². The average Bonchev–Trinajstić information content (AvgIpc) is 3.40. The van der Waals surface area contributed by atoms with Crippen molar-refractivity contribution in [1.82, 2.24) is 0 Å². The highest BCUT2D eigenvalue weighted by Gasteiger charge is 2.19. The number of hydrogen-bond acceptors (Lipinski definition) is 6. The molecule has 0 aliphatic carbocycles. The molecule has 0 fully saturated rings. The van der Waals surface area contributed by atoms with E-state index in [0.717, 1.165) is 103 Å². The van der Waals surface area contributed by atoms with Crippen LogP contribution in [0, 0.1) is 0 Å². The Morgan fingerprint density at radius 3 is 0.851 bits per heavy atom. The maximum atomic E-state index is 12.9. The zero-order valence-corrected chi connectivity index (χ0v) is 48.6. The van der Waals surface area contributed by atoms with Crippen molar-refractivity contribution in [3.63, 3.8) is 0 Å². The molecule has 0 aromatic rings. The molecule has 0 aliphatic heterocycles. The Hall–Kier alpha value is -3.67. The largest absolute Gasteiger partial charge is 0.462 e. The first-order chi connectivity index (χ1) is 36.5. The van der Waals surface area contributed by atoms with E-state index in [1.165, 1.54) is 154 Å². The van der Waals surface area contributed by atoms with Crippen molar-refractivity contribution < 1.29 is 28.6 Å². The second-order valence-corrected chi connectivity index (χ2v) is 20.6. The lowest BCUT2D eigenvalue weighted by atomic mass is 10.1. The van der Waals surface area contributed by atoms with Crippen LogP contribution in [0.3, 0.4) is 0 Å². The van der Waals surface area contributed by atoms with Gasteiger partial charge in [0.25, 0.3) is 0 Å². The van der Waals surface area contributed by atoms with E-state index in [4.69, 9.17) is 14.2 Å². The molecule has 0 amide bonds. The predicted molar refractivity (Wildman–Crippen MR) is 320 cm³/mol. The Bertz CT molecular complexity index is 1460. The number of carbonyl (C=O) groups excluding carboxylic acids is 3. The molecule has 0 saturated carbocycles. The zero-order valence-electron chi connectivity index (χ0n) is 48.6. The molecule has 424 valence electrons. The van der Waals surface area contributed by atoms with Crippen molar-refractivity contribution in [2.24, 2.45) is 0 Å². The minimum Gasteiger partial charge on any atom is -0.462 e. The van der Waals surface area contributed by atoms with Crippen LogP contribution in [0.15, 0.2) is 97.2 Å². The van der Waals surface area contributed by atoms with Crippen LogP contribution in [0.4, 0.5) is 0 Å². The number of carbonyl (C=O) groups is 3. The van der Waals surface area contributed by atoms with Gasteiger partial charge in [-0.25, -0.2) is 0 Å². The van der Waals surface area contributed by atoms with Crippen LogP contribution in [-0.4, -0.2) is 37.2 Å². The molecule has 0 bridgehead atoms. The lowest BCUT2D eigenvalue weighted by Crippen LogP contribution is -2.30. The summed E-state index contributed by atoms with van der Waals surface area (Å²) in [5, 5.41) is 0. The molecule has 0 aromatic heterocycles. The van der Waals surface area contributed by atoms with Gasteiger partial charge in [-0.15, -0.1) is 0 Å². The third-order valence-corrected chi connectivity index (χ3v) is 13.3. The normalized spacial score (nSPS) is 12.7. The van der Waals surface area contributed by atoms with E-state index < -0.39 is 6.10 Å². The molecule has 0 aromatic carbocycles. The maximum Gasteiger partial charge on any atom is 0.306 e. The van der Waals surface area contributed by atoms with E-state index in [1.54, 1.807) is 0 Å². The topological polar surface area (TPSA) is 78.9 Å². The quantitative estimate of drug-likeness (QED) is 0.0261. The van der Waals surface area contributed by atoms with E-state index in [9.17, 15) is 14.4 Å². The highest BCUT2D eigenvalue weighted by Crippen LogP contribution is 2.16. The number of esters is 3. The van der Waals surface area contributed by atoms with Crippen molar-refractivity contribution in [1.29, 1.82) is 0 Å². The van der Waals surface area contributed by atoms with E-state index >= 15 is 0 Å². The van der Waals surface area contributed by atoms with Crippen molar-refractivity contribution in [2.45, 2.75) is 303 Å². The SMILES string of the molecule is CC/C=C\C/C=C\C/C=C\C/C=C\C/C=C\C/C=C\CCCCCCCCCCCCC(=O)OCC(COC(=O)CCCCCCCCCC)OC(=O)CCCCCCCCCCC/C=C\C/C=C\CCCCC. The Morgan fingerprint density at radius 1 is 0.284 bits per heavy atom. The van der Waals surface area contributed by atoms with Crippen LogP contribution in [0.5, 0.6) is 0 Å². The molecule has 0 radical (unpaired) electrons. The van der Waals surface area contributed by atoms with Crippen LogP contribution in [0.25, 0.3) is 0 Å². The summed E-state index contributed by atoms with van der Waals surface area (Å²) in [4.78, 5) is 38.1. The fourth-order valence-corrected chi connectivity index (χ4v) is 8.65. The second kappa shape index (κ2) is 61.9. The third kappa shape index (κ3) is 59.2. The van der Waals surface area contributed by atoms with E-state index in [-0.39, 0.29) is 31.1 Å². The summed E-state index contributed by atoms with van der Waals surface area (Å²) in [5.74, 6) is -0.884. The molecule has 0 aliphatic rings. The molecule has 0 saturated heterocycles. The number of rotatable bonds is 56. The Morgan fingerprint density at radius 2 is 0.527 bits per heavy atom. The van der Waals surface area contributed by atoms with Crippen LogP contribution >= 0.6 is 0 Å². The summed E-state index contributed by atoms with van der Waals surface area (Å²) in [5.41, 5.74) is 0. The smallest absolute Gasteiger partial charge is 0.306 e. The van der Waals surface area contributed by atoms with Crippen molar-refractivity contribution >= 4 is 17.9 Å². The first-order valence-corrected chi connectivity index (χ1v) is 31.2. The second-order valence-electron chi connectivity index (χ2n) is 20.6. The van der Waals surface area contributed by atoms with Gasteiger partial charge in [0.2, 0.25) is 0 Å². The molecule has 0 N–H and O–H groups in total. The van der Waals surface area contributed by atoms with E-state index in [0.29, 0.717) is 19.3 Å². The standard InChI is InChI=1S/C68H116O6/c1-4-7-10-13-16-19-21-23-25-27-29-30-31-32-33-34-35-36-37-38-40-41-43-45-47-49-52-55-58-61-67(70)73-64-65(63-72-66(69)60-57-54-51-18-15-12-9-6-3)74-68(71)62-59-56-53-50-48-46-44-42-39-28-26-24-22-20-17-14-11-8-5-2/h7,10,16-17,19-20,23-26,29-30,32-33,35-36,65H,4-6,8-9,11-15,18,21-22,27-28,31,34,37-64H2,1-3H3/b10-7-,19-16-,20-17-,25-23-,26-24-,30-29-,33-32-,36-35-. The van der Waals surface area contributed by atoms with Gasteiger partial charge in [0.1, 0.15) is 13.2 Å². The Kier molecular flexibility index (Phi) is 58.8. The number of ether oxygens (including phenoxy) is 3. The Labute approximate surface area is 457 Å². The molecule has 74 heavy (non-hydrogen) atoms. The number of hydrogen-bond donors (Lipinski definition) is 0. The summed E-state index contributed by atoms with van der Waals surface area (Å²) in [6.07, 6.45) is 82.8. The van der Waals surface area contributed by atoms with Crippen LogP contribution < -0.4 is 0 Å². The highest BCUT2D eigenvalue weighted by molar-refractivity contribution is 5.71. The van der Waals surface area contributed by atoms with Crippen LogP contribution in [0.1, 0.15) is 297 Å². The minimum absolute atomic E-state index is 0.0782. The molecular weight excluding hydrogens is 913 g/mol. The molecule has 0 spiro atoms. The van der Waals surface area contributed by atoms with Gasteiger partial charge < -0.3 is 14.2 Å². The lowest BCUT2D eigenvalue weighted by Gasteiger charge is -2.18. The van der Waals surface area contributed by atoms with Gasteiger partial charge in [0.15, 0.2) is 6.10 Å². The molecular formula is C68H116O6. The average molecular weight is 1030 g/mol. The monoisotopic (exact) mass is 1030 g/mol. The maximum absolute atomic E-state index is 12.9. The first kappa shape index (κ1) is 70.3. The molecule has 0 heterocycles. The first-order valence-electron chi connectivity index (χ1n) is 31.2. The summed E-state index contributed by atoms with van der Waals surface area (Å²) >= 11 is 0. The molecule has 1 unspecified atom stereocenters. The van der Waals surface area contributed by atoms with Gasteiger partial charge >= 0.3 is 17.9 Å².